The molecule has 0 fully saturated rings. The summed E-state index contributed by atoms with van der Waals surface area (Å²) in [6.07, 6.45) is 2.61. The van der Waals surface area contributed by atoms with Crippen LogP contribution in [-0.2, 0) is 9.84 Å². The number of nitrogens with zero attached hydrogens (tertiary/aromatic N) is 2. The molecule has 1 amide bonds. The lowest BCUT2D eigenvalue weighted by Crippen LogP contribution is -2.29. The summed E-state index contributed by atoms with van der Waals surface area (Å²) in [7, 11) is -3.52. The van der Waals surface area contributed by atoms with Gasteiger partial charge >= 0.3 is 0 Å². The van der Waals surface area contributed by atoms with Crippen molar-refractivity contribution in [3.63, 3.8) is 0 Å². The molecule has 2 aromatic rings. The van der Waals surface area contributed by atoms with Crippen molar-refractivity contribution in [2.45, 2.75) is 5.16 Å². The third kappa shape index (κ3) is 3.09. The van der Waals surface area contributed by atoms with Gasteiger partial charge in [0.1, 0.15) is 0 Å². The lowest BCUT2D eigenvalue weighted by molar-refractivity contribution is 0.0951. The molecule has 0 atom stereocenters. The average molecular weight is 319 g/mol. The predicted molar refractivity (Wildman–Crippen MR) is 76.9 cm³/mol. The molecule has 0 aromatic carbocycles. The molecule has 0 saturated carbocycles. The summed E-state index contributed by atoms with van der Waals surface area (Å²) in [6, 6.07) is 5.02. The summed E-state index contributed by atoms with van der Waals surface area (Å²) >= 11 is 0. The highest BCUT2D eigenvalue weighted by Crippen LogP contribution is 2.16. The first-order valence-corrected chi connectivity index (χ1v) is 7.49. The first-order chi connectivity index (χ1) is 8.95. The zero-order chi connectivity index (χ0) is 14.0. The molecular formula is C11H15ClN4O3S. The number of rotatable bonds is 4. The van der Waals surface area contributed by atoms with E-state index in [4.69, 9.17) is 5.73 Å². The lowest BCUT2D eigenvalue weighted by Gasteiger charge is -2.00. The normalized spacial score (nSPS) is 11.1. The SMILES string of the molecule is CS(=O)(=O)c1nc(C(=O)NCCN)c2ccccn12.Cl. The van der Waals surface area contributed by atoms with Gasteiger partial charge in [0.25, 0.3) is 5.91 Å². The Morgan fingerprint density at radius 3 is 2.75 bits per heavy atom. The van der Waals surface area contributed by atoms with E-state index >= 15 is 0 Å². The van der Waals surface area contributed by atoms with Crippen LogP contribution in [-0.4, -0.2) is 43.1 Å². The van der Waals surface area contributed by atoms with E-state index in [0.717, 1.165) is 6.26 Å². The fourth-order valence-electron chi connectivity index (χ4n) is 1.71. The molecule has 20 heavy (non-hydrogen) atoms. The minimum Gasteiger partial charge on any atom is -0.349 e. The number of hydrogen-bond donors (Lipinski definition) is 2. The number of hydrogen-bond acceptors (Lipinski definition) is 5. The van der Waals surface area contributed by atoms with Crippen molar-refractivity contribution in [3.8, 4) is 0 Å². The van der Waals surface area contributed by atoms with E-state index in [0.29, 0.717) is 18.6 Å². The van der Waals surface area contributed by atoms with E-state index < -0.39 is 15.7 Å². The Bertz CT molecular complexity index is 726. The Balaban J connectivity index is 0.00000200. The van der Waals surface area contributed by atoms with Gasteiger partial charge < -0.3 is 11.1 Å². The van der Waals surface area contributed by atoms with Gasteiger partial charge in [-0.3, -0.25) is 9.20 Å². The minimum absolute atomic E-state index is 0. The summed E-state index contributed by atoms with van der Waals surface area (Å²) in [5, 5.41) is 2.42. The van der Waals surface area contributed by atoms with Crippen molar-refractivity contribution >= 4 is 33.7 Å². The molecule has 110 valence electrons. The van der Waals surface area contributed by atoms with Crippen molar-refractivity contribution < 1.29 is 13.2 Å². The van der Waals surface area contributed by atoms with Crippen LogP contribution in [0.5, 0.6) is 0 Å². The zero-order valence-corrected chi connectivity index (χ0v) is 12.4. The Morgan fingerprint density at radius 2 is 2.15 bits per heavy atom. The second-order valence-corrected chi connectivity index (χ2v) is 5.93. The molecule has 0 unspecified atom stereocenters. The second-order valence-electron chi connectivity index (χ2n) is 4.02. The highest BCUT2D eigenvalue weighted by Gasteiger charge is 2.22. The topological polar surface area (TPSA) is 107 Å². The second kappa shape index (κ2) is 6.21. The van der Waals surface area contributed by atoms with E-state index in [1.54, 1.807) is 24.4 Å². The Hall–Kier alpha value is -1.64. The van der Waals surface area contributed by atoms with Crippen molar-refractivity contribution in [2.24, 2.45) is 5.73 Å². The van der Waals surface area contributed by atoms with Crippen LogP contribution < -0.4 is 11.1 Å². The van der Waals surface area contributed by atoms with Crippen LogP contribution in [0.25, 0.3) is 5.52 Å². The third-order valence-electron chi connectivity index (χ3n) is 2.49. The molecule has 2 rings (SSSR count). The fourth-order valence-corrected chi connectivity index (χ4v) is 2.48. The van der Waals surface area contributed by atoms with Gasteiger partial charge in [0, 0.05) is 25.5 Å². The molecule has 7 nitrogen and oxygen atoms in total. The maximum atomic E-state index is 11.9. The van der Waals surface area contributed by atoms with Crippen LogP contribution in [0.2, 0.25) is 0 Å². The third-order valence-corrected chi connectivity index (χ3v) is 3.44. The molecule has 0 aliphatic heterocycles. The molecular weight excluding hydrogens is 304 g/mol. The highest BCUT2D eigenvalue weighted by atomic mass is 35.5. The molecule has 0 aliphatic rings. The van der Waals surface area contributed by atoms with Crippen molar-refractivity contribution in [3.05, 3.63) is 30.1 Å². The molecule has 2 heterocycles. The number of fused-ring (bicyclic) bond motifs is 1. The van der Waals surface area contributed by atoms with Gasteiger partial charge in [0.15, 0.2) is 5.69 Å². The number of halogens is 1. The number of sulfone groups is 1. The van der Waals surface area contributed by atoms with E-state index in [-0.39, 0.29) is 23.3 Å². The summed E-state index contributed by atoms with van der Waals surface area (Å²) in [5.41, 5.74) is 5.83. The largest absolute Gasteiger partial charge is 0.349 e. The first-order valence-electron chi connectivity index (χ1n) is 5.60. The number of carbonyl (C=O) groups excluding carboxylic acids is 1. The number of imidazole rings is 1. The van der Waals surface area contributed by atoms with Gasteiger partial charge in [-0.2, -0.15) is 0 Å². The fraction of sp³-hybridized carbons (Fsp3) is 0.273. The van der Waals surface area contributed by atoms with Crippen LogP contribution >= 0.6 is 12.4 Å². The zero-order valence-electron chi connectivity index (χ0n) is 10.7. The van der Waals surface area contributed by atoms with Crippen LogP contribution in [0, 0.1) is 0 Å². The van der Waals surface area contributed by atoms with Crippen LogP contribution in [0.15, 0.2) is 29.6 Å². The van der Waals surface area contributed by atoms with Crippen molar-refractivity contribution in [2.75, 3.05) is 19.3 Å². The van der Waals surface area contributed by atoms with Gasteiger partial charge in [-0.25, -0.2) is 13.4 Å². The van der Waals surface area contributed by atoms with Crippen molar-refractivity contribution in [1.29, 1.82) is 0 Å². The number of aromatic nitrogens is 2. The summed E-state index contributed by atoms with van der Waals surface area (Å²) in [4.78, 5) is 15.9. The number of pyridine rings is 1. The summed E-state index contributed by atoms with van der Waals surface area (Å²) < 4.78 is 24.7. The number of carbonyl (C=O) groups is 1. The predicted octanol–water partition coefficient (Wildman–Crippen LogP) is -0.152. The molecule has 9 heteroatoms. The van der Waals surface area contributed by atoms with Gasteiger partial charge in [0.05, 0.1) is 5.52 Å². The maximum Gasteiger partial charge on any atom is 0.272 e. The monoisotopic (exact) mass is 318 g/mol. The van der Waals surface area contributed by atoms with Gasteiger partial charge in [-0.15, -0.1) is 12.4 Å². The van der Waals surface area contributed by atoms with Crippen LogP contribution in [0.4, 0.5) is 0 Å². The van der Waals surface area contributed by atoms with E-state index in [9.17, 15) is 13.2 Å². The summed E-state index contributed by atoms with van der Waals surface area (Å²) in [6.45, 7) is 0.607. The number of nitrogens with two attached hydrogens (primary N) is 1. The molecule has 3 N–H and O–H groups in total. The van der Waals surface area contributed by atoms with Gasteiger partial charge in [0.2, 0.25) is 15.0 Å². The van der Waals surface area contributed by atoms with E-state index in [2.05, 4.69) is 10.3 Å². The quantitative estimate of drug-likeness (QED) is 0.815. The Labute approximate surface area is 122 Å². The maximum absolute atomic E-state index is 11.9. The number of amides is 1. The smallest absolute Gasteiger partial charge is 0.272 e. The summed E-state index contributed by atoms with van der Waals surface area (Å²) in [5.74, 6) is -0.441. The standard InChI is InChI=1S/C11H14N4O3S.ClH/c1-19(17,18)11-14-9(10(16)13-6-5-12)8-4-2-3-7-15(8)11;/h2-4,7H,5-6,12H2,1H3,(H,13,16);1H. The lowest BCUT2D eigenvalue weighted by atomic mass is 10.3. The van der Waals surface area contributed by atoms with Crippen molar-refractivity contribution in [1.82, 2.24) is 14.7 Å². The molecule has 0 spiro atoms. The Morgan fingerprint density at radius 1 is 1.45 bits per heavy atom. The molecule has 0 bridgehead atoms. The van der Waals surface area contributed by atoms with E-state index in [1.165, 1.54) is 4.40 Å². The molecule has 0 radical (unpaired) electrons. The molecule has 0 saturated heterocycles. The first kappa shape index (κ1) is 16.4. The minimum atomic E-state index is -3.52. The average Bonchev–Trinajstić information content (AvgIpc) is 2.75. The van der Waals surface area contributed by atoms with Crippen LogP contribution in [0.1, 0.15) is 10.5 Å². The van der Waals surface area contributed by atoms with Crippen LogP contribution in [0.3, 0.4) is 0 Å². The molecule has 0 aliphatic carbocycles. The molecule has 2 aromatic heterocycles. The number of nitrogens with one attached hydrogen (secondary N) is 1. The van der Waals surface area contributed by atoms with Gasteiger partial charge in [-0.05, 0) is 12.1 Å². The highest BCUT2D eigenvalue weighted by molar-refractivity contribution is 7.90. The van der Waals surface area contributed by atoms with E-state index in [1.807, 2.05) is 0 Å². The Kier molecular flexibility index (Phi) is 5.09. The van der Waals surface area contributed by atoms with Gasteiger partial charge in [-0.1, -0.05) is 6.07 Å².